The quantitative estimate of drug-likeness (QED) is 0.618. The number of rotatable bonds is 7. The highest BCUT2D eigenvalue weighted by molar-refractivity contribution is 7.10. The summed E-state index contributed by atoms with van der Waals surface area (Å²) in [6, 6.07) is 20.0. The summed E-state index contributed by atoms with van der Waals surface area (Å²) < 4.78 is 0. The maximum absolute atomic E-state index is 13.0. The van der Waals surface area contributed by atoms with Crippen molar-refractivity contribution in [3.05, 3.63) is 88.4 Å². The monoisotopic (exact) mass is 433 g/mol. The third-order valence-corrected chi connectivity index (χ3v) is 6.63. The second kappa shape index (κ2) is 10.4. The molecule has 2 amide bonds. The molecular formula is C25H27N3O2S. The van der Waals surface area contributed by atoms with E-state index in [4.69, 9.17) is 0 Å². The average molecular weight is 434 g/mol. The maximum Gasteiger partial charge on any atom is 0.227 e. The van der Waals surface area contributed by atoms with Gasteiger partial charge in [0.2, 0.25) is 11.8 Å². The molecule has 3 heterocycles. The molecule has 2 aromatic heterocycles. The summed E-state index contributed by atoms with van der Waals surface area (Å²) >= 11 is 1.60. The van der Waals surface area contributed by atoms with Gasteiger partial charge in [0.25, 0.3) is 0 Å². The van der Waals surface area contributed by atoms with Crippen molar-refractivity contribution in [1.82, 2.24) is 15.2 Å². The number of nitrogens with one attached hydrogen (secondary N) is 1. The molecule has 2 atom stereocenters. The van der Waals surface area contributed by atoms with Crippen LogP contribution in [0.25, 0.3) is 0 Å². The van der Waals surface area contributed by atoms with Gasteiger partial charge in [-0.3, -0.25) is 14.6 Å². The largest absolute Gasteiger partial charge is 0.355 e. The highest BCUT2D eigenvalue weighted by Crippen LogP contribution is 2.31. The predicted molar refractivity (Wildman–Crippen MR) is 123 cm³/mol. The molecule has 1 aliphatic rings. The summed E-state index contributed by atoms with van der Waals surface area (Å²) in [6.07, 6.45) is 3.61. The van der Waals surface area contributed by atoms with E-state index in [1.54, 1.807) is 17.5 Å². The van der Waals surface area contributed by atoms with E-state index >= 15 is 0 Å². The predicted octanol–water partition coefficient (Wildman–Crippen LogP) is 3.68. The lowest BCUT2D eigenvalue weighted by Gasteiger charge is -2.37. The van der Waals surface area contributed by atoms with Gasteiger partial charge in [0.15, 0.2) is 0 Å². The number of likely N-dealkylation sites (tertiary alicyclic amines) is 1. The van der Waals surface area contributed by atoms with Gasteiger partial charge in [0.05, 0.1) is 12.3 Å². The van der Waals surface area contributed by atoms with Gasteiger partial charge in [0.1, 0.15) is 0 Å². The van der Waals surface area contributed by atoms with E-state index < -0.39 is 0 Å². The van der Waals surface area contributed by atoms with Gasteiger partial charge in [-0.15, -0.1) is 11.3 Å². The van der Waals surface area contributed by atoms with E-state index in [1.165, 1.54) is 5.56 Å². The molecule has 0 spiro atoms. The fourth-order valence-electron chi connectivity index (χ4n) is 4.14. The highest BCUT2D eigenvalue weighted by atomic mass is 32.1. The van der Waals surface area contributed by atoms with Gasteiger partial charge in [0, 0.05) is 48.7 Å². The van der Waals surface area contributed by atoms with E-state index in [0.717, 1.165) is 17.0 Å². The van der Waals surface area contributed by atoms with Crippen LogP contribution in [-0.2, 0) is 22.4 Å². The molecular weight excluding hydrogens is 406 g/mol. The number of carbonyl (C=O) groups excluding carboxylic acids is 2. The summed E-state index contributed by atoms with van der Waals surface area (Å²) in [6.45, 7) is 1.68. The molecule has 0 aliphatic carbocycles. The number of pyridine rings is 1. The van der Waals surface area contributed by atoms with Crippen molar-refractivity contribution < 1.29 is 9.59 Å². The lowest BCUT2D eigenvalue weighted by Crippen LogP contribution is -2.48. The molecule has 0 radical (unpaired) electrons. The molecule has 1 saturated heterocycles. The molecule has 160 valence electrons. The molecule has 1 fully saturated rings. The first-order valence-electron chi connectivity index (χ1n) is 10.7. The Labute approximate surface area is 187 Å². The first-order chi connectivity index (χ1) is 15.2. The van der Waals surface area contributed by atoms with Crippen molar-refractivity contribution in [3.63, 3.8) is 0 Å². The van der Waals surface area contributed by atoms with Crippen LogP contribution < -0.4 is 5.32 Å². The number of amides is 2. The van der Waals surface area contributed by atoms with Crippen LogP contribution in [0, 0.1) is 5.92 Å². The standard InChI is InChI=1S/C25H27N3O2S/c29-24(16-23-10-6-14-31-23)28-17-20(19-7-2-1-3-8-19)15-21(18-28)25(30)27-13-11-22-9-4-5-12-26-22/h1-10,12,14,20-21H,11,13,15-18H2,(H,27,30). The normalized spacial score (nSPS) is 18.5. The number of aromatic nitrogens is 1. The minimum Gasteiger partial charge on any atom is -0.355 e. The summed E-state index contributed by atoms with van der Waals surface area (Å²) in [5.74, 6) is 0.0589. The Hall–Kier alpha value is -2.99. The molecule has 4 rings (SSSR count). The second-order valence-corrected chi connectivity index (χ2v) is 8.99. The zero-order valence-electron chi connectivity index (χ0n) is 17.4. The Kier molecular flexibility index (Phi) is 7.10. The number of thiophene rings is 1. The summed E-state index contributed by atoms with van der Waals surface area (Å²) in [5, 5.41) is 5.05. The first kappa shape index (κ1) is 21.2. The van der Waals surface area contributed by atoms with Gasteiger partial charge in [-0.1, -0.05) is 42.5 Å². The summed E-state index contributed by atoms with van der Waals surface area (Å²) in [4.78, 5) is 33.2. The number of carbonyl (C=O) groups is 2. The van der Waals surface area contributed by atoms with Gasteiger partial charge >= 0.3 is 0 Å². The van der Waals surface area contributed by atoms with Crippen LogP contribution in [0.1, 0.15) is 28.5 Å². The third-order valence-electron chi connectivity index (χ3n) is 5.76. The van der Waals surface area contributed by atoms with Crippen LogP contribution in [0.15, 0.2) is 72.2 Å². The fourth-order valence-corrected chi connectivity index (χ4v) is 4.83. The van der Waals surface area contributed by atoms with Crippen molar-refractivity contribution >= 4 is 23.2 Å². The van der Waals surface area contributed by atoms with Crippen molar-refractivity contribution in [2.75, 3.05) is 19.6 Å². The molecule has 1 N–H and O–H groups in total. The second-order valence-electron chi connectivity index (χ2n) is 7.96. The Morgan fingerprint density at radius 1 is 1.03 bits per heavy atom. The van der Waals surface area contributed by atoms with Gasteiger partial charge in [-0.25, -0.2) is 0 Å². The van der Waals surface area contributed by atoms with Crippen molar-refractivity contribution in [2.45, 2.75) is 25.2 Å². The Morgan fingerprint density at radius 2 is 1.87 bits per heavy atom. The molecule has 1 aliphatic heterocycles. The minimum absolute atomic E-state index is 0.0190. The molecule has 2 unspecified atom stereocenters. The zero-order chi connectivity index (χ0) is 21.5. The van der Waals surface area contributed by atoms with Crippen LogP contribution in [0.4, 0.5) is 0 Å². The third kappa shape index (κ3) is 5.79. The Bertz CT molecular complexity index is 977. The van der Waals surface area contributed by atoms with E-state index in [0.29, 0.717) is 32.5 Å². The Balaban J connectivity index is 1.42. The van der Waals surface area contributed by atoms with Crippen LogP contribution in [0.5, 0.6) is 0 Å². The van der Waals surface area contributed by atoms with Crippen LogP contribution in [0.2, 0.25) is 0 Å². The molecule has 5 nitrogen and oxygen atoms in total. The molecule has 31 heavy (non-hydrogen) atoms. The molecule has 6 heteroatoms. The maximum atomic E-state index is 13.0. The topological polar surface area (TPSA) is 62.3 Å². The van der Waals surface area contributed by atoms with Gasteiger partial charge < -0.3 is 10.2 Å². The van der Waals surface area contributed by atoms with Crippen LogP contribution >= 0.6 is 11.3 Å². The summed E-state index contributed by atoms with van der Waals surface area (Å²) in [5.41, 5.74) is 2.14. The van der Waals surface area contributed by atoms with Crippen LogP contribution in [0.3, 0.4) is 0 Å². The lowest BCUT2D eigenvalue weighted by molar-refractivity contribution is -0.135. The van der Waals surface area contributed by atoms with E-state index in [9.17, 15) is 9.59 Å². The SMILES string of the molecule is O=C(NCCc1ccccn1)C1CC(c2ccccc2)CN(C(=O)Cc2cccs2)C1. The van der Waals surface area contributed by atoms with Crippen molar-refractivity contribution in [3.8, 4) is 0 Å². The van der Waals surface area contributed by atoms with Gasteiger partial charge in [-0.2, -0.15) is 0 Å². The van der Waals surface area contributed by atoms with E-state index in [1.807, 2.05) is 58.8 Å². The number of nitrogens with zero attached hydrogens (tertiary/aromatic N) is 2. The molecule has 0 saturated carbocycles. The van der Waals surface area contributed by atoms with Gasteiger partial charge in [-0.05, 0) is 35.6 Å². The smallest absolute Gasteiger partial charge is 0.227 e. The fraction of sp³-hybridized carbons (Fsp3) is 0.320. The Morgan fingerprint density at radius 3 is 2.61 bits per heavy atom. The number of benzene rings is 1. The lowest BCUT2D eigenvalue weighted by atomic mass is 9.84. The number of hydrogen-bond donors (Lipinski definition) is 1. The zero-order valence-corrected chi connectivity index (χ0v) is 18.3. The van der Waals surface area contributed by atoms with Crippen LogP contribution in [-0.4, -0.2) is 41.3 Å². The van der Waals surface area contributed by atoms with Crippen molar-refractivity contribution in [2.24, 2.45) is 5.92 Å². The number of piperidine rings is 1. The molecule has 3 aromatic rings. The van der Waals surface area contributed by atoms with E-state index in [2.05, 4.69) is 22.4 Å². The average Bonchev–Trinajstić information content (AvgIpc) is 3.33. The molecule has 1 aromatic carbocycles. The first-order valence-corrected chi connectivity index (χ1v) is 11.6. The molecule has 0 bridgehead atoms. The highest BCUT2D eigenvalue weighted by Gasteiger charge is 2.34. The minimum atomic E-state index is -0.213. The number of hydrogen-bond acceptors (Lipinski definition) is 4. The van der Waals surface area contributed by atoms with E-state index in [-0.39, 0.29) is 23.7 Å². The van der Waals surface area contributed by atoms with Crippen molar-refractivity contribution in [1.29, 1.82) is 0 Å². The summed E-state index contributed by atoms with van der Waals surface area (Å²) in [7, 11) is 0.